The fourth-order valence-corrected chi connectivity index (χ4v) is 4.57. The quantitative estimate of drug-likeness (QED) is 0.586. The van der Waals surface area contributed by atoms with E-state index >= 15 is 0 Å². The summed E-state index contributed by atoms with van der Waals surface area (Å²) in [7, 11) is 1.59. The number of para-hydroxylation sites is 1. The van der Waals surface area contributed by atoms with Crippen LogP contribution in [0.3, 0.4) is 0 Å². The minimum Gasteiger partial charge on any atom is -0.497 e. The smallest absolute Gasteiger partial charge is 0.338 e. The molecule has 2 amide bonds. The number of methoxy groups -OCH3 is 1. The highest BCUT2D eigenvalue weighted by molar-refractivity contribution is 6.33. The van der Waals surface area contributed by atoms with Crippen molar-refractivity contribution in [2.24, 2.45) is 0 Å². The zero-order chi connectivity index (χ0) is 24.1. The molecule has 180 valence electrons. The van der Waals surface area contributed by atoms with Gasteiger partial charge >= 0.3 is 12.0 Å². The summed E-state index contributed by atoms with van der Waals surface area (Å²) in [5.74, 6) is 0.253. The molecule has 8 nitrogen and oxygen atoms in total. The number of piperazine rings is 1. The van der Waals surface area contributed by atoms with Crippen molar-refractivity contribution in [3.63, 3.8) is 0 Å². The van der Waals surface area contributed by atoms with E-state index in [1.54, 1.807) is 26.2 Å². The Morgan fingerprint density at radius 2 is 1.79 bits per heavy atom. The number of halogens is 1. The van der Waals surface area contributed by atoms with Crippen molar-refractivity contribution in [2.75, 3.05) is 51.3 Å². The lowest BCUT2D eigenvalue weighted by Crippen LogP contribution is -2.51. The molecule has 0 bridgehead atoms. The predicted molar refractivity (Wildman–Crippen MR) is 131 cm³/mol. The van der Waals surface area contributed by atoms with Crippen LogP contribution in [0.1, 0.15) is 18.5 Å². The minimum absolute atomic E-state index is 0.245. The number of amides is 2. The first-order valence-electron chi connectivity index (χ1n) is 11.3. The lowest BCUT2D eigenvalue weighted by Gasteiger charge is -2.38. The van der Waals surface area contributed by atoms with Gasteiger partial charge in [-0.1, -0.05) is 35.9 Å². The maximum absolute atomic E-state index is 13.0. The van der Waals surface area contributed by atoms with Crippen LogP contribution in [-0.4, -0.2) is 63.3 Å². The van der Waals surface area contributed by atoms with E-state index in [1.807, 2.05) is 36.4 Å². The number of benzene rings is 2. The summed E-state index contributed by atoms with van der Waals surface area (Å²) >= 11 is 6.37. The Morgan fingerprint density at radius 3 is 2.44 bits per heavy atom. The molecule has 0 spiro atoms. The van der Waals surface area contributed by atoms with Crippen molar-refractivity contribution in [3.8, 4) is 5.75 Å². The number of carbonyl (C=O) groups excluding carboxylic acids is 2. The van der Waals surface area contributed by atoms with Gasteiger partial charge in [-0.3, -0.25) is 4.90 Å². The van der Waals surface area contributed by atoms with Crippen LogP contribution >= 0.6 is 11.6 Å². The summed E-state index contributed by atoms with van der Waals surface area (Å²) in [6.45, 7) is 5.56. The summed E-state index contributed by atoms with van der Waals surface area (Å²) in [5.41, 5.74) is 2.78. The van der Waals surface area contributed by atoms with Crippen molar-refractivity contribution >= 4 is 29.3 Å². The molecule has 0 aromatic heterocycles. The lowest BCUT2D eigenvalue weighted by molar-refractivity contribution is -0.139. The van der Waals surface area contributed by atoms with Crippen LogP contribution in [0, 0.1) is 0 Å². The van der Waals surface area contributed by atoms with Crippen molar-refractivity contribution in [2.45, 2.75) is 13.0 Å². The molecule has 0 unspecified atom stereocenters. The molecule has 0 radical (unpaired) electrons. The van der Waals surface area contributed by atoms with E-state index in [4.69, 9.17) is 21.1 Å². The van der Waals surface area contributed by atoms with Crippen LogP contribution in [0.2, 0.25) is 5.02 Å². The Balaban J connectivity index is 1.56. The van der Waals surface area contributed by atoms with Gasteiger partial charge in [0.2, 0.25) is 0 Å². The molecule has 2 aromatic carbocycles. The van der Waals surface area contributed by atoms with E-state index in [-0.39, 0.29) is 12.6 Å². The summed E-state index contributed by atoms with van der Waals surface area (Å²) in [6.07, 6.45) is 0. The zero-order valence-corrected chi connectivity index (χ0v) is 20.1. The molecular weight excluding hydrogens is 456 g/mol. The van der Waals surface area contributed by atoms with Gasteiger partial charge in [-0.25, -0.2) is 9.59 Å². The number of carbonyl (C=O) groups is 2. The van der Waals surface area contributed by atoms with Crippen LogP contribution < -0.4 is 20.3 Å². The fraction of sp³-hybridized carbons (Fsp3) is 0.360. The topological polar surface area (TPSA) is 83.1 Å². The second-order valence-corrected chi connectivity index (χ2v) is 8.54. The van der Waals surface area contributed by atoms with Gasteiger partial charge in [-0.2, -0.15) is 0 Å². The average molecular weight is 485 g/mol. The monoisotopic (exact) mass is 484 g/mol. The fourth-order valence-electron chi connectivity index (χ4n) is 4.32. The highest BCUT2D eigenvalue weighted by Crippen LogP contribution is 2.30. The SMILES string of the molecule is CCOC(=O)C1=C(CN2CCN(c3ccccc3Cl)CC2)NC(=O)N[C@@H]1c1ccc(OC)cc1. The maximum atomic E-state index is 13.0. The van der Waals surface area contributed by atoms with E-state index < -0.39 is 12.0 Å². The van der Waals surface area contributed by atoms with E-state index in [9.17, 15) is 9.59 Å². The Labute approximate surface area is 204 Å². The number of nitrogens with zero attached hydrogens (tertiary/aromatic N) is 2. The van der Waals surface area contributed by atoms with Crippen LogP contribution in [0.15, 0.2) is 59.8 Å². The van der Waals surface area contributed by atoms with Crippen molar-refractivity contribution in [1.82, 2.24) is 15.5 Å². The standard InChI is InChI=1S/C25H29ClN4O4/c1-3-34-24(31)22-20(27-25(32)28-23(22)17-8-10-18(33-2)11-9-17)16-29-12-14-30(15-13-29)21-7-5-4-6-19(21)26/h4-11,23H,3,12-16H2,1-2H3,(H2,27,28,32)/t23-/m1/s1. The van der Waals surface area contributed by atoms with Crippen LogP contribution in [0.4, 0.5) is 10.5 Å². The van der Waals surface area contributed by atoms with Gasteiger partial charge in [0.1, 0.15) is 5.75 Å². The third-order valence-corrected chi connectivity index (χ3v) is 6.36. The number of hydrogen-bond acceptors (Lipinski definition) is 6. The van der Waals surface area contributed by atoms with E-state index in [0.29, 0.717) is 23.6 Å². The Kier molecular flexibility index (Phi) is 7.59. The average Bonchev–Trinajstić information content (AvgIpc) is 2.85. The molecule has 2 aliphatic rings. The molecule has 1 saturated heterocycles. The number of hydrogen-bond donors (Lipinski definition) is 2. The van der Waals surface area contributed by atoms with Gasteiger partial charge in [0, 0.05) is 38.4 Å². The van der Waals surface area contributed by atoms with E-state index in [2.05, 4.69) is 20.4 Å². The largest absolute Gasteiger partial charge is 0.497 e. The second-order valence-electron chi connectivity index (χ2n) is 8.13. The molecule has 34 heavy (non-hydrogen) atoms. The number of ether oxygens (including phenoxy) is 2. The van der Waals surface area contributed by atoms with Gasteiger partial charge in [0.05, 0.1) is 36.0 Å². The van der Waals surface area contributed by atoms with Gasteiger partial charge in [0.25, 0.3) is 0 Å². The van der Waals surface area contributed by atoms with Crippen LogP contribution in [-0.2, 0) is 9.53 Å². The third-order valence-electron chi connectivity index (χ3n) is 6.05. The van der Waals surface area contributed by atoms with Crippen LogP contribution in [0.25, 0.3) is 0 Å². The first-order chi connectivity index (χ1) is 16.5. The Bertz CT molecular complexity index is 1060. The number of urea groups is 1. The van der Waals surface area contributed by atoms with E-state index in [1.165, 1.54) is 0 Å². The third kappa shape index (κ3) is 5.29. The Morgan fingerprint density at radius 1 is 1.09 bits per heavy atom. The molecule has 2 heterocycles. The minimum atomic E-state index is -0.613. The molecule has 2 aliphatic heterocycles. The van der Waals surface area contributed by atoms with Gasteiger partial charge in [-0.15, -0.1) is 0 Å². The van der Waals surface area contributed by atoms with Gasteiger partial charge in [0.15, 0.2) is 0 Å². The molecule has 0 saturated carbocycles. The summed E-state index contributed by atoms with van der Waals surface area (Å²) in [5, 5.41) is 6.46. The lowest BCUT2D eigenvalue weighted by atomic mass is 9.94. The summed E-state index contributed by atoms with van der Waals surface area (Å²) < 4.78 is 10.6. The highest BCUT2D eigenvalue weighted by Gasteiger charge is 2.34. The molecule has 1 atom stereocenters. The first-order valence-corrected chi connectivity index (χ1v) is 11.7. The first kappa shape index (κ1) is 23.9. The van der Waals surface area contributed by atoms with Crippen molar-refractivity contribution in [3.05, 3.63) is 70.4 Å². The maximum Gasteiger partial charge on any atom is 0.338 e. The molecule has 2 aromatic rings. The Hall–Kier alpha value is -3.23. The normalized spacial score (nSPS) is 18.9. The molecule has 2 N–H and O–H groups in total. The molecule has 4 rings (SSSR count). The molecule has 0 aliphatic carbocycles. The second kappa shape index (κ2) is 10.8. The van der Waals surface area contributed by atoms with Gasteiger partial charge in [-0.05, 0) is 36.8 Å². The number of rotatable bonds is 7. The van der Waals surface area contributed by atoms with E-state index in [0.717, 1.165) is 42.5 Å². The number of anilines is 1. The molecular formula is C25H29ClN4O4. The van der Waals surface area contributed by atoms with Crippen molar-refractivity contribution in [1.29, 1.82) is 0 Å². The predicted octanol–water partition coefficient (Wildman–Crippen LogP) is 3.34. The molecule has 9 heteroatoms. The molecule has 1 fully saturated rings. The summed E-state index contributed by atoms with van der Waals surface area (Å²) in [4.78, 5) is 30.0. The number of nitrogens with one attached hydrogen (secondary N) is 2. The highest BCUT2D eigenvalue weighted by atomic mass is 35.5. The van der Waals surface area contributed by atoms with Gasteiger partial charge < -0.3 is 25.0 Å². The van der Waals surface area contributed by atoms with Crippen LogP contribution in [0.5, 0.6) is 5.75 Å². The number of esters is 1. The summed E-state index contributed by atoms with van der Waals surface area (Å²) in [6, 6.07) is 14.1. The van der Waals surface area contributed by atoms with Crippen molar-refractivity contribution < 1.29 is 19.1 Å². The zero-order valence-electron chi connectivity index (χ0n) is 19.3.